The molecule has 0 amide bonds. The molecule has 0 saturated carbocycles. The topological polar surface area (TPSA) is 3.24 Å². The third kappa shape index (κ3) is 5.08. The fourth-order valence-corrected chi connectivity index (χ4v) is 1.49. The molecule has 0 saturated heterocycles. The summed E-state index contributed by atoms with van der Waals surface area (Å²) >= 11 is 5.83. The Hall–Kier alpha value is -1.23. The Bertz CT molecular complexity index is 420. The quantitative estimate of drug-likeness (QED) is 0.583. The first kappa shape index (κ1) is 13.8. The number of rotatable bonds is 3. The van der Waals surface area contributed by atoms with E-state index in [2.05, 4.69) is 28.9 Å². The average molecular weight is 248 g/mol. The molecular formula is C15H18ClN. The van der Waals surface area contributed by atoms with Crippen LogP contribution in [0.3, 0.4) is 0 Å². The van der Waals surface area contributed by atoms with Gasteiger partial charge in [-0.15, -0.1) is 0 Å². The van der Waals surface area contributed by atoms with E-state index in [4.69, 9.17) is 11.6 Å². The highest BCUT2D eigenvalue weighted by Gasteiger charge is 2.04. The van der Waals surface area contributed by atoms with Crippen molar-refractivity contribution in [3.63, 3.8) is 0 Å². The Morgan fingerprint density at radius 3 is 2.47 bits per heavy atom. The Morgan fingerprint density at radius 1 is 1.29 bits per heavy atom. The number of allylic oxidation sites excluding steroid dienone is 1. The van der Waals surface area contributed by atoms with E-state index < -0.39 is 0 Å². The van der Waals surface area contributed by atoms with Crippen molar-refractivity contribution in [2.75, 3.05) is 14.1 Å². The van der Waals surface area contributed by atoms with Crippen molar-refractivity contribution in [3.05, 3.63) is 47.0 Å². The second-order valence-electron chi connectivity index (χ2n) is 4.06. The van der Waals surface area contributed by atoms with Crippen molar-refractivity contribution in [1.29, 1.82) is 0 Å². The monoisotopic (exact) mass is 247 g/mol. The summed E-state index contributed by atoms with van der Waals surface area (Å²) < 4.78 is 0. The molecule has 90 valence electrons. The molecule has 1 aromatic carbocycles. The van der Waals surface area contributed by atoms with Crippen molar-refractivity contribution in [1.82, 2.24) is 4.90 Å². The maximum Gasteiger partial charge on any atom is 0.0748 e. The molecule has 0 aliphatic rings. The van der Waals surface area contributed by atoms with Gasteiger partial charge < -0.3 is 0 Å². The minimum Gasteiger partial charge on any atom is -0.296 e. The molecule has 0 N–H and O–H groups in total. The van der Waals surface area contributed by atoms with Crippen molar-refractivity contribution in [2.24, 2.45) is 0 Å². The smallest absolute Gasteiger partial charge is 0.0748 e. The second kappa shape index (κ2) is 7.17. The van der Waals surface area contributed by atoms with Crippen LogP contribution in [-0.4, -0.2) is 25.0 Å². The zero-order valence-electron chi connectivity index (χ0n) is 10.6. The summed E-state index contributed by atoms with van der Waals surface area (Å²) in [6.07, 6.45) is 5.14. The number of hydrogen-bond acceptors (Lipinski definition) is 1. The van der Waals surface area contributed by atoms with Gasteiger partial charge in [-0.25, -0.2) is 0 Å². The lowest BCUT2D eigenvalue weighted by Gasteiger charge is -2.16. The minimum absolute atomic E-state index is 0.252. The minimum atomic E-state index is 0.252. The number of benzene rings is 1. The van der Waals surface area contributed by atoms with Gasteiger partial charge in [-0.3, -0.25) is 4.90 Å². The van der Waals surface area contributed by atoms with E-state index in [9.17, 15) is 0 Å². The number of nitrogens with zero attached hydrogens (tertiary/aromatic N) is 1. The van der Waals surface area contributed by atoms with E-state index >= 15 is 0 Å². The van der Waals surface area contributed by atoms with Crippen LogP contribution in [0, 0.1) is 11.8 Å². The highest BCUT2D eigenvalue weighted by molar-refractivity contribution is 6.30. The molecule has 17 heavy (non-hydrogen) atoms. The summed E-state index contributed by atoms with van der Waals surface area (Å²) in [6.45, 7) is 2.03. The summed E-state index contributed by atoms with van der Waals surface area (Å²) in [4.78, 5) is 2.13. The summed E-state index contributed by atoms with van der Waals surface area (Å²) in [5, 5.41) is 0.744. The lowest BCUT2D eigenvalue weighted by atomic mass is 10.1. The molecule has 0 heterocycles. The molecule has 1 rings (SSSR count). The van der Waals surface area contributed by atoms with Crippen LogP contribution in [0.1, 0.15) is 18.9 Å². The number of halogens is 1. The van der Waals surface area contributed by atoms with Gasteiger partial charge in [0.2, 0.25) is 0 Å². The van der Waals surface area contributed by atoms with Crippen LogP contribution in [0.15, 0.2) is 36.4 Å². The molecule has 1 atom stereocenters. The molecule has 0 aromatic heterocycles. The van der Waals surface area contributed by atoms with E-state index in [1.165, 1.54) is 0 Å². The van der Waals surface area contributed by atoms with Gasteiger partial charge in [0.1, 0.15) is 0 Å². The number of hydrogen-bond donors (Lipinski definition) is 0. The van der Waals surface area contributed by atoms with Gasteiger partial charge in [-0.05, 0) is 51.7 Å². The molecule has 0 aliphatic heterocycles. The summed E-state index contributed by atoms with van der Waals surface area (Å²) in [7, 11) is 4.09. The van der Waals surface area contributed by atoms with Crippen LogP contribution in [-0.2, 0) is 0 Å². The molecule has 0 fully saturated rings. The standard InChI is InChI=1S/C15H18ClN/c1-4-5-6-15(17(2)3)12-9-13-7-10-14(16)11-8-13/h4-5,7-8,10-11,15H,6H2,1-3H3. The highest BCUT2D eigenvalue weighted by atomic mass is 35.5. The fourth-order valence-electron chi connectivity index (χ4n) is 1.36. The fraction of sp³-hybridized carbons (Fsp3) is 0.333. The Kier molecular flexibility index (Phi) is 5.83. The summed E-state index contributed by atoms with van der Waals surface area (Å²) in [5.41, 5.74) is 1.00. The van der Waals surface area contributed by atoms with Crippen molar-refractivity contribution in [2.45, 2.75) is 19.4 Å². The van der Waals surface area contributed by atoms with E-state index in [0.717, 1.165) is 17.0 Å². The first-order chi connectivity index (χ1) is 8.13. The van der Waals surface area contributed by atoms with Crippen molar-refractivity contribution < 1.29 is 0 Å². The normalized spacial score (nSPS) is 12.5. The van der Waals surface area contributed by atoms with Crippen molar-refractivity contribution in [3.8, 4) is 11.8 Å². The van der Waals surface area contributed by atoms with E-state index in [1.807, 2.05) is 45.3 Å². The average Bonchev–Trinajstić information content (AvgIpc) is 2.31. The van der Waals surface area contributed by atoms with E-state index in [0.29, 0.717) is 0 Å². The third-order valence-electron chi connectivity index (χ3n) is 2.45. The maximum atomic E-state index is 5.83. The van der Waals surface area contributed by atoms with Gasteiger partial charge in [0, 0.05) is 10.6 Å². The summed E-state index contributed by atoms with van der Waals surface area (Å²) in [6, 6.07) is 7.86. The second-order valence-corrected chi connectivity index (χ2v) is 4.50. The highest BCUT2D eigenvalue weighted by Crippen LogP contribution is 2.08. The van der Waals surface area contributed by atoms with Gasteiger partial charge in [-0.1, -0.05) is 35.6 Å². The molecular weight excluding hydrogens is 230 g/mol. The van der Waals surface area contributed by atoms with Crippen LogP contribution in [0.2, 0.25) is 5.02 Å². The van der Waals surface area contributed by atoms with Gasteiger partial charge in [0.25, 0.3) is 0 Å². The zero-order valence-corrected chi connectivity index (χ0v) is 11.3. The van der Waals surface area contributed by atoms with Crippen LogP contribution >= 0.6 is 11.6 Å². The first-order valence-electron chi connectivity index (χ1n) is 5.68. The maximum absolute atomic E-state index is 5.83. The predicted molar refractivity (Wildman–Crippen MR) is 75.2 cm³/mol. The van der Waals surface area contributed by atoms with Gasteiger partial charge in [-0.2, -0.15) is 0 Å². The predicted octanol–water partition coefficient (Wildman–Crippen LogP) is 3.59. The van der Waals surface area contributed by atoms with Gasteiger partial charge in [0.05, 0.1) is 6.04 Å². The molecule has 1 nitrogen and oxygen atoms in total. The summed E-state index contributed by atoms with van der Waals surface area (Å²) in [5.74, 6) is 6.45. The van der Waals surface area contributed by atoms with Crippen LogP contribution in [0.25, 0.3) is 0 Å². The van der Waals surface area contributed by atoms with Crippen LogP contribution < -0.4 is 0 Å². The lowest BCUT2D eigenvalue weighted by molar-refractivity contribution is 0.355. The van der Waals surface area contributed by atoms with E-state index in [-0.39, 0.29) is 6.04 Å². The molecule has 0 aliphatic carbocycles. The zero-order chi connectivity index (χ0) is 12.7. The molecule has 0 radical (unpaired) electrons. The van der Waals surface area contributed by atoms with Crippen LogP contribution in [0.4, 0.5) is 0 Å². The van der Waals surface area contributed by atoms with Crippen molar-refractivity contribution >= 4 is 11.6 Å². The molecule has 0 spiro atoms. The molecule has 1 aromatic rings. The Labute approximate surface area is 109 Å². The molecule has 2 heteroatoms. The molecule has 1 unspecified atom stereocenters. The molecule has 0 bridgehead atoms. The SMILES string of the molecule is CC=CCC(C#Cc1ccc(Cl)cc1)N(C)C. The van der Waals surface area contributed by atoms with Gasteiger partial charge in [0.15, 0.2) is 0 Å². The Morgan fingerprint density at radius 2 is 1.94 bits per heavy atom. The third-order valence-corrected chi connectivity index (χ3v) is 2.70. The lowest BCUT2D eigenvalue weighted by Crippen LogP contribution is -2.25. The largest absolute Gasteiger partial charge is 0.296 e. The first-order valence-corrected chi connectivity index (χ1v) is 6.06. The Balaban J connectivity index is 2.76. The van der Waals surface area contributed by atoms with Crippen LogP contribution in [0.5, 0.6) is 0 Å². The van der Waals surface area contributed by atoms with Gasteiger partial charge >= 0.3 is 0 Å². The van der Waals surface area contributed by atoms with E-state index in [1.54, 1.807) is 0 Å².